The van der Waals surface area contributed by atoms with E-state index >= 15 is 0 Å². The normalized spacial score (nSPS) is 10.8. The maximum Gasteiger partial charge on any atom is 0.178 e. The number of halogens is 2. The molecule has 0 bridgehead atoms. The minimum absolute atomic E-state index is 0.116. The highest BCUT2D eigenvalue weighted by Gasteiger charge is 2.16. The van der Waals surface area contributed by atoms with Crippen LogP contribution in [0.3, 0.4) is 0 Å². The van der Waals surface area contributed by atoms with Gasteiger partial charge >= 0.3 is 0 Å². The molecule has 0 saturated carbocycles. The lowest BCUT2D eigenvalue weighted by atomic mass is 10.0. The summed E-state index contributed by atoms with van der Waals surface area (Å²) in [4.78, 5) is 0. The van der Waals surface area contributed by atoms with Crippen molar-refractivity contribution < 1.29 is 10.2 Å². The fourth-order valence-electron chi connectivity index (χ4n) is 1.04. The van der Waals surface area contributed by atoms with Gasteiger partial charge in [0.2, 0.25) is 0 Å². The Bertz CT molecular complexity index is 335. The van der Waals surface area contributed by atoms with Crippen LogP contribution in [0.15, 0.2) is 6.07 Å². The number of hydrogen-bond acceptors (Lipinski definition) is 2. The van der Waals surface area contributed by atoms with E-state index in [1.54, 1.807) is 6.07 Å². The molecular weight excluding hydrogens is 211 g/mol. The van der Waals surface area contributed by atoms with Crippen molar-refractivity contribution in [3.63, 3.8) is 0 Å². The van der Waals surface area contributed by atoms with Gasteiger partial charge in [0.05, 0.1) is 10.0 Å². The summed E-state index contributed by atoms with van der Waals surface area (Å²) in [7, 11) is 0. The van der Waals surface area contributed by atoms with E-state index < -0.39 is 0 Å². The van der Waals surface area contributed by atoms with Crippen molar-refractivity contribution in [2.75, 3.05) is 0 Å². The average molecular weight is 221 g/mol. The van der Waals surface area contributed by atoms with Crippen molar-refractivity contribution in [3.05, 3.63) is 21.7 Å². The Balaban J connectivity index is 3.41. The first kappa shape index (κ1) is 10.5. The van der Waals surface area contributed by atoms with E-state index in [0.29, 0.717) is 0 Å². The lowest BCUT2D eigenvalue weighted by Gasteiger charge is -2.11. The highest BCUT2D eigenvalue weighted by Crippen LogP contribution is 2.43. The van der Waals surface area contributed by atoms with Gasteiger partial charge in [-0.15, -0.1) is 0 Å². The zero-order valence-corrected chi connectivity index (χ0v) is 8.82. The average Bonchev–Trinajstić information content (AvgIpc) is 2.07. The van der Waals surface area contributed by atoms with Gasteiger partial charge in [0.25, 0.3) is 0 Å². The Morgan fingerprint density at radius 2 is 1.69 bits per heavy atom. The summed E-state index contributed by atoms with van der Waals surface area (Å²) in [5.41, 5.74) is 0.724. The van der Waals surface area contributed by atoms with E-state index in [-0.39, 0.29) is 27.5 Å². The van der Waals surface area contributed by atoms with Crippen LogP contribution in [0.2, 0.25) is 10.0 Å². The molecule has 0 unspecified atom stereocenters. The zero-order valence-electron chi connectivity index (χ0n) is 7.31. The molecule has 72 valence electrons. The lowest BCUT2D eigenvalue weighted by Crippen LogP contribution is -1.89. The molecule has 2 nitrogen and oxygen atoms in total. The molecule has 0 aromatic heterocycles. The molecule has 0 saturated heterocycles. The topological polar surface area (TPSA) is 40.5 Å². The third-order valence-electron chi connectivity index (χ3n) is 1.82. The van der Waals surface area contributed by atoms with Gasteiger partial charge in [0.15, 0.2) is 11.5 Å². The van der Waals surface area contributed by atoms with Crippen LogP contribution in [0, 0.1) is 0 Å². The minimum atomic E-state index is -0.365. The maximum absolute atomic E-state index is 9.35. The Morgan fingerprint density at radius 3 is 2.15 bits per heavy atom. The minimum Gasteiger partial charge on any atom is -0.503 e. The summed E-state index contributed by atoms with van der Waals surface area (Å²) in [5, 5.41) is 18.9. The zero-order chi connectivity index (χ0) is 10.2. The summed E-state index contributed by atoms with van der Waals surface area (Å²) in [5.74, 6) is -0.564. The Labute approximate surface area is 86.7 Å². The van der Waals surface area contributed by atoms with E-state index in [1.807, 2.05) is 13.8 Å². The van der Waals surface area contributed by atoms with Gasteiger partial charge in [-0.2, -0.15) is 0 Å². The fraction of sp³-hybridized carbons (Fsp3) is 0.333. The largest absolute Gasteiger partial charge is 0.503 e. The van der Waals surface area contributed by atoms with Gasteiger partial charge < -0.3 is 10.2 Å². The molecule has 1 aromatic rings. The van der Waals surface area contributed by atoms with Crippen LogP contribution in [0.25, 0.3) is 0 Å². The van der Waals surface area contributed by atoms with Crippen LogP contribution in [0.1, 0.15) is 25.3 Å². The van der Waals surface area contributed by atoms with Gasteiger partial charge in [-0.05, 0) is 17.5 Å². The molecule has 0 aliphatic rings. The monoisotopic (exact) mass is 220 g/mol. The first-order chi connectivity index (χ1) is 5.95. The smallest absolute Gasteiger partial charge is 0.178 e. The van der Waals surface area contributed by atoms with Gasteiger partial charge in [0, 0.05) is 0 Å². The molecule has 1 rings (SSSR count). The van der Waals surface area contributed by atoms with Crippen molar-refractivity contribution >= 4 is 23.2 Å². The SMILES string of the molecule is CC(C)c1cc(Cl)c(O)c(O)c1Cl. The van der Waals surface area contributed by atoms with Crippen LogP contribution >= 0.6 is 23.2 Å². The van der Waals surface area contributed by atoms with E-state index in [0.717, 1.165) is 5.56 Å². The van der Waals surface area contributed by atoms with Crippen molar-refractivity contribution in [2.45, 2.75) is 19.8 Å². The molecule has 0 heterocycles. The molecule has 0 spiro atoms. The first-order valence-corrected chi connectivity index (χ1v) is 4.60. The predicted octanol–water partition coefficient (Wildman–Crippen LogP) is 3.53. The van der Waals surface area contributed by atoms with Crippen molar-refractivity contribution in [2.24, 2.45) is 0 Å². The Kier molecular flexibility index (Phi) is 2.94. The first-order valence-electron chi connectivity index (χ1n) is 3.85. The number of phenolic OH excluding ortho intramolecular Hbond substituents is 2. The second kappa shape index (κ2) is 3.64. The van der Waals surface area contributed by atoms with Crippen LogP contribution in [0.5, 0.6) is 11.5 Å². The second-order valence-electron chi connectivity index (χ2n) is 3.11. The molecule has 0 atom stereocenters. The third-order valence-corrected chi connectivity index (χ3v) is 2.50. The third kappa shape index (κ3) is 1.84. The molecule has 13 heavy (non-hydrogen) atoms. The number of benzene rings is 1. The Hall–Kier alpha value is -0.600. The van der Waals surface area contributed by atoms with Gasteiger partial charge in [0.1, 0.15) is 0 Å². The molecule has 1 aromatic carbocycles. The summed E-state index contributed by atoms with van der Waals surface area (Å²) >= 11 is 11.5. The van der Waals surface area contributed by atoms with E-state index in [1.165, 1.54) is 0 Å². The summed E-state index contributed by atoms with van der Waals surface area (Å²) in [6.07, 6.45) is 0. The maximum atomic E-state index is 9.35. The van der Waals surface area contributed by atoms with Gasteiger partial charge in [-0.25, -0.2) is 0 Å². The second-order valence-corrected chi connectivity index (χ2v) is 3.90. The van der Waals surface area contributed by atoms with Crippen molar-refractivity contribution in [3.8, 4) is 11.5 Å². The Morgan fingerprint density at radius 1 is 1.15 bits per heavy atom. The number of phenols is 2. The molecule has 0 radical (unpaired) electrons. The molecule has 0 aliphatic heterocycles. The van der Waals surface area contributed by atoms with E-state index in [2.05, 4.69) is 0 Å². The predicted molar refractivity (Wildman–Crippen MR) is 53.9 cm³/mol. The van der Waals surface area contributed by atoms with Crippen LogP contribution < -0.4 is 0 Å². The van der Waals surface area contributed by atoms with Gasteiger partial charge in [-0.3, -0.25) is 0 Å². The fourth-order valence-corrected chi connectivity index (χ4v) is 1.61. The number of rotatable bonds is 1. The molecule has 0 aliphatic carbocycles. The molecule has 4 heteroatoms. The summed E-state index contributed by atoms with van der Waals surface area (Å²) in [6.45, 7) is 3.85. The highest BCUT2D eigenvalue weighted by atomic mass is 35.5. The molecule has 2 N–H and O–H groups in total. The van der Waals surface area contributed by atoms with Crippen molar-refractivity contribution in [1.82, 2.24) is 0 Å². The summed E-state index contributed by atoms with van der Waals surface area (Å²) in [6, 6.07) is 1.56. The number of aromatic hydroxyl groups is 2. The highest BCUT2D eigenvalue weighted by molar-refractivity contribution is 6.36. The lowest BCUT2D eigenvalue weighted by molar-refractivity contribution is 0.403. The van der Waals surface area contributed by atoms with E-state index in [4.69, 9.17) is 23.2 Å². The van der Waals surface area contributed by atoms with Crippen LogP contribution in [0.4, 0.5) is 0 Å². The standard InChI is InChI=1S/C9H10Cl2O2/c1-4(2)5-3-6(10)8(12)9(13)7(5)11/h3-4,12-13H,1-2H3. The van der Waals surface area contributed by atoms with Crippen LogP contribution in [-0.2, 0) is 0 Å². The van der Waals surface area contributed by atoms with Crippen LogP contribution in [-0.4, -0.2) is 10.2 Å². The molecule has 0 amide bonds. The number of hydrogen-bond donors (Lipinski definition) is 2. The van der Waals surface area contributed by atoms with Crippen molar-refractivity contribution in [1.29, 1.82) is 0 Å². The molecule has 0 fully saturated rings. The quantitative estimate of drug-likeness (QED) is 0.712. The van der Waals surface area contributed by atoms with Gasteiger partial charge in [-0.1, -0.05) is 37.0 Å². The van der Waals surface area contributed by atoms with E-state index in [9.17, 15) is 10.2 Å². The summed E-state index contributed by atoms with van der Waals surface area (Å²) < 4.78 is 0. The molecular formula is C9H10Cl2O2.